The maximum Gasteiger partial charge on any atom is 0.326 e. The molecule has 0 saturated heterocycles. The van der Waals surface area contributed by atoms with E-state index in [2.05, 4.69) is 10.6 Å². The topological polar surface area (TPSA) is 165 Å². The zero-order chi connectivity index (χ0) is 15.9. The van der Waals surface area contributed by atoms with Gasteiger partial charge in [0.2, 0.25) is 11.8 Å². The average Bonchev–Trinajstić information content (AvgIpc) is 2.31. The van der Waals surface area contributed by atoms with Crippen molar-refractivity contribution in [2.24, 2.45) is 16.9 Å². The highest BCUT2D eigenvalue weighted by Gasteiger charge is 2.26. The monoisotopic (exact) mass is 288 g/mol. The molecule has 0 heterocycles. The Morgan fingerprint density at radius 1 is 1.20 bits per heavy atom. The van der Waals surface area contributed by atoms with E-state index < -0.39 is 35.3 Å². The number of nitrogens with two attached hydrogens (primary N) is 2. The fraction of sp³-hybridized carbons (Fsp3) is 0.636. The molecule has 0 aromatic carbocycles. The van der Waals surface area contributed by atoms with Gasteiger partial charge in [0.25, 0.3) is 0 Å². The van der Waals surface area contributed by atoms with Crippen LogP contribution in [0.15, 0.2) is 0 Å². The highest BCUT2D eigenvalue weighted by atomic mass is 16.4. The van der Waals surface area contributed by atoms with E-state index in [1.54, 1.807) is 0 Å². The summed E-state index contributed by atoms with van der Waals surface area (Å²) in [6.45, 7) is 3.03. The van der Waals surface area contributed by atoms with Crippen molar-refractivity contribution in [3.05, 3.63) is 0 Å². The summed E-state index contributed by atoms with van der Waals surface area (Å²) in [7, 11) is 0. The van der Waals surface area contributed by atoms with Crippen molar-refractivity contribution in [2.45, 2.75) is 32.7 Å². The normalized spacial score (nSPS) is 12.3. The van der Waals surface area contributed by atoms with E-state index in [9.17, 15) is 19.2 Å². The molecule has 4 amide bonds. The van der Waals surface area contributed by atoms with Crippen LogP contribution in [-0.2, 0) is 14.4 Å². The Hall–Kier alpha value is -2.32. The Kier molecular flexibility index (Phi) is 6.47. The first kappa shape index (κ1) is 17.7. The first-order valence-corrected chi connectivity index (χ1v) is 5.91. The summed E-state index contributed by atoms with van der Waals surface area (Å²) in [6.07, 6.45) is -0.276. The molecule has 0 aromatic rings. The van der Waals surface area contributed by atoms with Gasteiger partial charge in [0, 0.05) is 13.0 Å². The SMILES string of the molecule is CC(C)(CNC(=O)N[C@@H](CCC(N)=O)C(=O)O)C(N)=O. The number of carbonyl (C=O) groups excluding carboxylic acids is 3. The molecule has 0 saturated carbocycles. The second-order valence-electron chi connectivity index (χ2n) is 4.97. The lowest BCUT2D eigenvalue weighted by atomic mass is 9.93. The highest BCUT2D eigenvalue weighted by molar-refractivity contribution is 5.84. The number of urea groups is 1. The van der Waals surface area contributed by atoms with Crippen molar-refractivity contribution in [1.29, 1.82) is 0 Å². The summed E-state index contributed by atoms with van der Waals surface area (Å²) in [5, 5.41) is 13.4. The molecule has 0 rings (SSSR count). The lowest BCUT2D eigenvalue weighted by molar-refractivity contribution is -0.139. The second kappa shape index (κ2) is 7.31. The van der Waals surface area contributed by atoms with E-state index in [1.165, 1.54) is 13.8 Å². The van der Waals surface area contributed by atoms with E-state index in [4.69, 9.17) is 16.6 Å². The summed E-state index contributed by atoms with van der Waals surface area (Å²) in [6, 6.07) is -2.00. The van der Waals surface area contributed by atoms with Crippen LogP contribution in [0.1, 0.15) is 26.7 Å². The van der Waals surface area contributed by atoms with Gasteiger partial charge in [-0.25, -0.2) is 9.59 Å². The number of hydrogen-bond donors (Lipinski definition) is 5. The van der Waals surface area contributed by atoms with Crippen molar-refractivity contribution in [3.8, 4) is 0 Å². The standard InChI is InChI=1S/C11H20N4O5/c1-11(2,9(13)19)5-14-10(20)15-6(8(17)18)3-4-7(12)16/h6H,3-5H2,1-2H3,(H2,12,16)(H2,13,19)(H,17,18)(H2,14,15,20)/t6-/m0/s1. The Labute approximate surface area is 116 Å². The first-order chi connectivity index (χ1) is 9.06. The van der Waals surface area contributed by atoms with Crippen LogP contribution in [0.4, 0.5) is 4.79 Å². The Morgan fingerprint density at radius 2 is 1.75 bits per heavy atom. The molecule has 9 nitrogen and oxygen atoms in total. The molecule has 0 aliphatic rings. The third-order valence-corrected chi connectivity index (χ3v) is 2.64. The number of aliphatic carboxylic acids is 1. The summed E-state index contributed by atoms with van der Waals surface area (Å²) in [4.78, 5) is 44.0. The van der Waals surface area contributed by atoms with E-state index in [0.29, 0.717) is 0 Å². The molecule has 0 fully saturated rings. The van der Waals surface area contributed by atoms with Crippen LogP contribution in [0.25, 0.3) is 0 Å². The molecular formula is C11H20N4O5. The molecule has 9 heteroatoms. The molecule has 0 unspecified atom stereocenters. The van der Waals surface area contributed by atoms with Gasteiger partial charge in [0.05, 0.1) is 5.41 Å². The minimum atomic E-state index is -1.28. The number of carboxylic acid groups (broad SMARTS) is 1. The van der Waals surface area contributed by atoms with Gasteiger partial charge in [-0.05, 0) is 20.3 Å². The van der Waals surface area contributed by atoms with Gasteiger partial charge >= 0.3 is 12.0 Å². The fourth-order valence-corrected chi connectivity index (χ4v) is 1.14. The zero-order valence-electron chi connectivity index (χ0n) is 11.4. The minimum absolute atomic E-state index is 0.0453. The van der Waals surface area contributed by atoms with Crippen LogP contribution >= 0.6 is 0 Å². The molecule has 0 aliphatic carbocycles. The van der Waals surface area contributed by atoms with Crippen molar-refractivity contribution in [3.63, 3.8) is 0 Å². The van der Waals surface area contributed by atoms with E-state index in [-0.39, 0.29) is 19.4 Å². The third-order valence-electron chi connectivity index (χ3n) is 2.64. The molecule has 0 spiro atoms. The molecule has 0 radical (unpaired) electrons. The zero-order valence-corrected chi connectivity index (χ0v) is 11.4. The molecule has 114 valence electrons. The molecule has 1 atom stereocenters. The van der Waals surface area contributed by atoms with Crippen molar-refractivity contribution in [1.82, 2.24) is 10.6 Å². The van der Waals surface area contributed by atoms with Gasteiger partial charge in [-0.3, -0.25) is 9.59 Å². The van der Waals surface area contributed by atoms with Crippen LogP contribution in [0.2, 0.25) is 0 Å². The molecule has 20 heavy (non-hydrogen) atoms. The van der Waals surface area contributed by atoms with E-state index in [0.717, 1.165) is 0 Å². The summed E-state index contributed by atoms with van der Waals surface area (Å²) < 4.78 is 0. The maximum absolute atomic E-state index is 11.5. The maximum atomic E-state index is 11.5. The van der Waals surface area contributed by atoms with Gasteiger partial charge in [-0.15, -0.1) is 0 Å². The molecule has 0 bridgehead atoms. The van der Waals surface area contributed by atoms with Crippen LogP contribution < -0.4 is 22.1 Å². The molecule has 0 aliphatic heterocycles. The number of nitrogens with one attached hydrogen (secondary N) is 2. The van der Waals surface area contributed by atoms with Gasteiger partial charge in [0.1, 0.15) is 6.04 Å². The Balaban J connectivity index is 4.37. The number of rotatable bonds is 8. The van der Waals surface area contributed by atoms with Gasteiger partial charge in [-0.1, -0.05) is 0 Å². The van der Waals surface area contributed by atoms with Crippen molar-refractivity contribution in [2.75, 3.05) is 6.54 Å². The first-order valence-electron chi connectivity index (χ1n) is 5.91. The Morgan fingerprint density at radius 3 is 2.15 bits per heavy atom. The van der Waals surface area contributed by atoms with Crippen molar-refractivity contribution >= 4 is 23.8 Å². The molecule has 0 aromatic heterocycles. The van der Waals surface area contributed by atoms with Crippen LogP contribution in [0.3, 0.4) is 0 Å². The lowest BCUT2D eigenvalue weighted by Crippen LogP contribution is -2.50. The third kappa shape index (κ3) is 6.57. The largest absolute Gasteiger partial charge is 0.480 e. The lowest BCUT2D eigenvalue weighted by Gasteiger charge is -2.22. The summed E-state index contributed by atoms with van der Waals surface area (Å²) in [5.74, 6) is -2.54. The molecular weight excluding hydrogens is 268 g/mol. The van der Waals surface area contributed by atoms with Gasteiger partial charge in [0.15, 0.2) is 0 Å². The highest BCUT2D eigenvalue weighted by Crippen LogP contribution is 2.11. The van der Waals surface area contributed by atoms with Crippen LogP contribution in [0, 0.1) is 5.41 Å². The summed E-state index contributed by atoms with van der Waals surface area (Å²) in [5.41, 5.74) is 9.08. The Bertz CT molecular complexity index is 408. The minimum Gasteiger partial charge on any atom is -0.480 e. The quantitative estimate of drug-likeness (QED) is 0.366. The van der Waals surface area contributed by atoms with Gasteiger partial charge < -0.3 is 27.2 Å². The number of carboxylic acids is 1. The molecule has 7 N–H and O–H groups in total. The average molecular weight is 288 g/mol. The second-order valence-corrected chi connectivity index (χ2v) is 4.97. The van der Waals surface area contributed by atoms with E-state index in [1.807, 2.05) is 0 Å². The summed E-state index contributed by atoms with van der Waals surface area (Å²) >= 11 is 0. The smallest absolute Gasteiger partial charge is 0.326 e. The van der Waals surface area contributed by atoms with Crippen LogP contribution in [-0.4, -0.2) is 41.5 Å². The predicted molar refractivity (Wildman–Crippen MR) is 69.4 cm³/mol. The number of primary amides is 2. The van der Waals surface area contributed by atoms with Crippen molar-refractivity contribution < 1.29 is 24.3 Å². The predicted octanol–water partition coefficient (Wildman–Crippen LogP) is -1.48. The van der Waals surface area contributed by atoms with E-state index >= 15 is 0 Å². The number of amides is 4. The van der Waals surface area contributed by atoms with Crippen LogP contribution in [0.5, 0.6) is 0 Å². The number of carbonyl (C=O) groups is 4. The fourth-order valence-electron chi connectivity index (χ4n) is 1.14. The number of hydrogen-bond acceptors (Lipinski definition) is 4. The van der Waals surface area contributed by atoms with Gasteiger partial charge in [-0.2, -0.15) is 0 Å².